The van der Waals surface area contributed by atoms with E-state index in [-0.39, 0.29) is 11.5 Å². The van der Waals surface area contributed by atoms with Crippen LogP contribution in [0.4, 0.5) is 0 Å². The van der Waals surface area contributed by atoms with Crippen molar-refractivity contribution in [2.75, 3.05) is 20.5 Å². The number of benzene rings is 1. The quantitative estimate of drug-likeness (QED) is 0.776. The lowest BCUT2D eigenvalue weighted by Crippen LogP contribution is -2.29. The molecule has 9 heteroatoms. The number of ether oxygens (including phenoxy) is 2. The number of unbranched alkanes of at least 4 members (excludes halogenated alkanes) is 1. The van der Waals surface area contributed by atoms with E-state index >= 15 is 0 Å². The number of rotatable bonds is 7. The lowest BCUT2D eigenvalue weighted by Gasteiger charge is -2.19. The van der Waals surface area contributed by atoms with Crippen molar-refractivity contribution in [1.82, 2.24) is 9.55 Å². The van der Waals surface area contributed by atoms with E-state index in [9.17, 15) is 18.3 Å². The van der Waals surface area contributed by atoms with Gasteiger partial charge in [-0.3, -0.25) is 9.36 Å². The number of para-hydroxylation sites is 1. The third-order valence-corrected chi connectivity index (χ3v) is 4.94. The van der Waals surface area contributed by atoms with Gasteiger partial charge in [-0.2, -0.15) is 4.98 Å². The highest BCUT2D eigenvalue weighted by molar-refractivity contribution is 7.90. The fourth-order valence-electron chi connectivity index (χ4n) is 2.65. The summed E-state index contributed by atoms with van der Waals surface area (Å²) in [6, 6.07) is 4.94. The highest BCUT2D eigenvalue weighted by Crippen LogP contribution is 2.33. The molecule has 0 atom stereocenters. The Balaban J connectivity index is 2.97. The molecule has 8 nitrogen and oxygen atoms in total. The molecule has 1 aromatic heterocycles. The zero-order valence-corrected chi connectivity index (χ0v) is 16.0. The SMILES string of the molecule is CCCCc1nc(O)c(S(C)(=O)=O)c(=O)n1-c1c(OC)cccc1OC. The summed E-state index contributed by atoms with van der Waals surface area (Å²) >= 11 is 0. The first-order valence-corrected chi connectivity index (χ1v) is 9.91. The molecule has 0 aliphatic carbocycles. The van der Waals surface area contributed by atoms with Gasteiger partial charge in [0.15, 0.2) is 14.7 Å². The van der Waals surface area contributed by atoms with Gasteiger partial charge >= 0.3 is 0 Å². The van der Waals surface area contributed by atoms with E-state index < -0.39 is 26.2 Å². The first kappa shape index (κ1) is 19.8. The molecular formula is C17H22N2O6S. The fraction of sp³-hybridized carbons (Fsp3) is 0.412. The maximum atomic E-state index is 13.0. The van der Waals surface area contributed by atoms with Crippen molar-refractivity contribution >= 4 is 9.84 Å². The number of nitrogens with zero attached hydrogens (tertiary/aromatic N) is 2. The summed E-state index contributed by atoms with van der Waals surface area (Å²) in [5.41, 5.74) is -0.653. The molecule has 26 heavy (non-hydrogen) atoms. The van der Waals surface area contributed by atoms with E-state index in [0.717, 1.165) is 17.2 Å². The summed E-state index contributed by atoms with van der Waals surface area (Å²) < 4.78 is 35.8. The largest absolute Gasteiger partial charge is 0.494 e. The summed E-state index contributed by atoms with van der Waals surface area (Å²) in [5, 5.41) is 10.1. The van der Waals surface area contributed by atoms with Gasteiger partial charge in [0.05, 0.1) is 14.2 Å². The normalized spacial score (nSPS) is 11.4. The molecule has 0 amide bonds. The Bertz CT molecular complexity index is 944. The van der Waals surface area contributed by atoms with Crippen molar-refractivity contribution in [2.45, 2.75) is 31.1 Å². The molecule has 0 saturated carbocycles. The Morgan fingerprint density at radius 1 is 1.19 bits per heavy atom. The minimum atomic E-state index is -4.00. The summed E-state index contributed by atoms with van der Waals surface area (Å²) in [7, 11) is -1.14. The van der Waals surface area contributed by atoms with Crippen LogP contribution in [-0.4, -0.2) is 43.6 Å². The molecular weight excluding hydrogens is 360 g/mol. The highest BCUT2D eigenvalue weighted by Gasteiger charge is 2.27. The molecule has 0 unspecified atom stereocenters. The Morgan fingerprint density at radius 2 is 1.77 bits per heavy atom. The lowest BCUT2D eigenvalue weighted by molar-refractivity contribution is 0.386. The predicted molar refractivity (Wildman–Crippen MR) is 96.3 cm³/mol. The first-order chi connectivity index (χ1) is 12.3. The Labute approximate surface area is 152 Å². The summed E-state index contributed by atoms with van der Waals surface area (Å²) in [6.45, 7) is 1.97. The summed E-state index contributed by atoms with van der Waals surface area (Å²) in [5.74, 6) is 0.0607. The average Bonchev–Trinajstić information content (AvgIpc) is 2.58. The van der Waals surface area contributed by atoms with Gasteiger partial charge in [0, 0.05) is 12.7 Å². The van der Waals surface area contributed by atoms with Crippen molar-refractivity contribution < 1.29 is 23.0 Å². The zero-order chi connectivity index (χ0) is 19.5. The smallest absolute Gasteiger partial charge is 0.281 e. The van der Waals surface area contributed by atoms with Crippen molar-refractivity contribution in [2.24, 2.45) is 0 Å². The molecule has 0 aliphatic heterocycles. The number of aromatic hydroxyl groups is 1. The molecule has 142 valence electrons. The van der Waals surface area contributed by atoms with Gasteiger partial charge in [0.1, 0.15) is 23.0 Å². The first-order valence-electron chi connectivity index (χ1n) is 8.02. The topological polar surface area (TPSA) is 108 Å². The van der Waals surface area contributed by atoms with Gasteiger partial charge in [0.25, 0.3) is 5.56 Å². The van der Waals surface area contributed by atoms with Crippen molar-refractivity contribution in [3.05, 3.63) is 34.4 Å². The van der Waals surface area contributed by atoms with Crippen LogP contribution in [-0.2, 0) is 16.3 Å². The van der Waals surface area contributed by atoms with Crippen molar-refractivity contribution in [3.8, 4) is 23.1 Å². The van der Waals surface area contributed by atoms with E-state index in [1.54, 1.807) is 18.2 Å². The van der Waals surface area contributed by atoms with Gasteiger partial charge in [-0.1, -0.05) is 19.4 Å². The monoisotopic (exact) mass is 382 g/mol. The predicted octanol–water partition coefficient (Wildman–Crippen LogP) is 1.70. The highest BCUT2D eigenvalue weighted by atomic mass is 32.2. The molecule has 0 fully saturated rings. The third-order valence-electron chi connectivity index (χ3n) is 3.84. The Hall–Kier alpha value is -2.55. The molecule has 1 aromatic carbocycles. The molecule has 2 rings (SSSR count). The van der Waals surface area contributed by atoms with Crippen molar-refractivity contribution in [1.29, 1.82) is 0 Å². The second-order valence-electron chi connectivity index (χ2n) is 5.71. The fourth-order valence-corrected chi connectivity index (χ4v) is 3.43. The molecule has 1 heterocycles. The molecule has 0 bridgehead atoms. The van der Waals surface area contributed by atoms with Crippen LogP contribution in [0.25, 0.3) is 5.69 Å². The van der Waals surface area contributed by atoms with Gasteiger partial charge < -0.3 is 14.6 Å². The molecule has 0 aliphatic rings. The van der Waals surface area contributed by atoms with Crippen LogP contribution in [0.1, 0.15) is 25.6 Å². The van der Waals surface area contributed by atoms with E-state index in [0.29, 0.717) is 24.3 Å². The van der Waals surface area contributed by atoms with Crippen molar-refractivity contribution in [3.63, 3.8) is 0 Å². The minimum Gasteiger partial charge on any atom is -0.494 e. The van der Waals surface area contributed by atoms with Gasteiger partial charge in [-0.25, -0.2) is 8.42 Å². The maximum absolute atomic E-state index is 13.0. The van der Waals surface area contributed by atoms with Crippen LogP contribution < -0.4 is 15.0 Å². The number of hydrogen-bond donors (Lipinski definition) is 1. The number of methoxy groups -OCH3 is 2. The molecule has 2 aromatic rings. The van der Waals surface area contributed by atoms with Crippen LogP contribution in [0, 0.1) is 0 Å². The molecule has 0 spiro atoms. The second kappa shape index (κ2) is 7.77. The summed E-state index contributed by atoms with van der Waals surface area (Å²) in [4.78, 5) is 16.3. The second-order valence-corrected chi connectivity index (χ2v) is 7.66. The molecule has 1 N–H and O–H groups in total. The van der Waals surface area contributed by atoms with Crippen LogP contribution in [0.15, 0.2) is 27.9 Å². The summed E-state index contributed by atoms with van der Waals surface area (Å²) in [6.07, 6.45) is 2.74. The minimum absolute atomic E-state index is 0.226. The third kappa shape index (κ3) is 3.67. The van der Waals surface area contributed by atoms with Crippen LogP contribution >= 0.6 is 0 Å². The van der Waals surface area contributed by atoms with E-state index in [1.807, 2.05) is 6.92 Å². The number of sulfone groups is 1. The average molecular weight is 382 g/mol. The van der Waals surface area contributed by atoms with Gasteiger partial charge in [-0.15, -0.1) is 0 Å². The standard InChI is InChI=1S/C17H22N2O6S/c1-5-6-10-13-18-16(20)15(26(4,22)23)17(21)19(13)14-11(24-2)8-7-9-12(14)25-3/h7-9,20H,5-6,10H2,1-4H3. The molecule has 0 radical (unpaired) electrons. The van der Waals surface area contributed by atoms with Crippen LogP contribution in [0.2, 0.25) is 0 Å². The number of hydrogen-bond acceptors (Lipinski definition) is 7. The van der Waals surface area contributed by atoms with Crippen LogP contribution in [0.5, 0.6) is 17.4 Å². The Morgan fingerprint density at radius 3 is 2.23 bits per heavy atom. The van der Waals surface area contributed by atoms with Crippen LogP contribution in [0.3, 0.4) is 0 Å². The lowest BCUT2D eigenvalue weighted by atomic mass is 10.2. The number of aromatic nitrogens is 2. The Kier molecular flexibility index (Phi) is 5.91. The van der Waals surface area contributed by atoms with Gasteiger partial charge in [-0.05, 0) is 18.6 Å². The number of aryl methyl sites for hydroxylation is 1. The maximum Gasteiger partial charge on any atom is 0.281 e. The zero-order valence-electron chi connectivity index (χ0n) is 15.1. The van der Waals surface area contributed by atoms with E-state index in [2.05, 4.69) is 4.98 Å². The van der Waals surface area contributed by atoms with Gasteiger partial charge in [0.2, 0.25) is 5.88 Å². The molecule has 0 saturated heterocycles. The van der Waals surface area contributed by atoms with E-state index in [4.69, 9.17) is 9.47 Å². The van der Waals surface area contributed by atoms with E-state index in [1.165, 1.54) is 14.2 Å².